The summed E-state index contributed by atoms with van der Waals surface area (Å²) in [5.74, 6) is -1.67. The first-order valence-corrected chi connectivity index (χ1v) is 8.13. The number of esters is 2. The molecule has 1 heterocycles. The van der Waals surface area contributed by atoms with Crippen molar-refractivity contribution in [1.29, 1.82) is 0 Å². The van der Waals surface area contributed by atoms with E-state index in [2.05, 4.69) is 0 Å². The maximum Gasteiger partial charge on any atom is 0.377 e. The molecule has 0 aliphatic carbocycles. The van der Waals surface area contributed by atoms with Gasteiger partial charge in [0.2, 0.25) is 0 Å². The number of hydrogen-bond donors (Lipinski definition) is 0. The summed E-state index contributed by atoms with van der Waals surface area (Å²) in [6.45, 7) is 0. The van der Waals surface area contributed by atoms with Gasteiger partial charge in [0.1, 0.15) is 11.6 Å². The molecule has 0 saturated heterocycles. The Hall–Kier alpha value is -2.99. The van der Waals surface area contributed by atoms with Crippen molar-refractivity contribution in [3.8, 4) is 0 Å². The van der Waals surface area contributed by atoms with E-state index in [4.69, 9.17) is 25.9 Å². The third kappa shape index (κ3) is 3.23. The normalized spacial score (nSPS) is 16.3. The van der Waals surface area contributed by atoms with E-state index in [1.165, 1.54) is 19.3 Å². The lowest BCUT2D eigenvalue weighted by Crippen LogP contribution is -2.26. The molecule has 7 heteroatoms. The predicted octanol–water partition coefficient (Wildman–Crippen LogP) is 3.43. The number of halogens is 1. The topological polar surface area (TPSA) is 65.1 Å². The Labute approximate surface area is 155 Å². The molecule has 0 aromatic heterocycles. The maximum atomic E-state index is 12.5. The minimum atomic E-state index is -0.768. The molecular weight excluding hydrogens is 358 g/mol. The van der Waals surface area contributed by atoms with E-state index in [-0.39, 0.29) is 11.3 Å². The lowest BCUT2D eigenvalue weighted by Gasteiger charge is -2.26. The molecule has 6 nitrogen and oxygen atoms in total. The van der Waals surface area contributed by atoms with Crippen LogP contribution in [0.3, 0.4) is 0 Å². The van der Waals surface area contributed by atoms with Gasteiger partial charge in [-0.3, -0.25) is 0 Å². The Morgan fingerprint density at radius 1 is 1.00 bits per heavy atom. The van der Waals surface area contributed by atoms with Gasteiger partial charge in [0.05, 0.1) is 19.9 Å². The summed E-state index contributed by atoms with van der Waals surface area (Å²) in [7, 11) is 2.46. The van der Waals surface area contributed by atoms with E-state index in [9.17, 15) is 9.59 Å². The first-order chi connectivity index (χ1) is 12.6. The van der Waals surface area contributed by atoms with E-state index in [1.807, 2.05) is 18.2 Å². The first-order valence-electron chi connectivity index (χ1n) is 7.75. The highest BCUT2D eigenvalue weighted by Crippen LogP contribution is 2.42. The molecule has 2 aromatic carbocycles. The number of carbonyl (C=O) groups excluding carboxylic acids is 2. The second kappa shape index (κ2) is 7.49. The van der Waals surface area contributed by atoms with Crippen LogP contribution < -0.4 is 5.06 Å². The maximum absolute atomic E-state index is 12.5. The highest BCUT2D eigenvalue weighted by Gasteiger charge is 2.44. The van der Waals surface area contributed by atoms with E-state index < -0.39 is 18.0 Å². The van der Waals surface area contributed by atoms with E-state index in [0.29, 0.717) is 16.3 Å². The molecule has 0 radical (unpaired) electrons. The monoisotopic (exact) mass is 373 g/mol. The quantitative estimate of drug-likeness (QED) is 0.765. The van der Waals surface area contributed by atoms with Crippen LogP contribution in [0.1, 0.15) is 11.6 Å². The molecule has 0 saturated carbocycles. The van der Waals surface area contributed by atoms with Crippen molar-refractivity contribution < 1.29 is 23.9 Å². The number of nitrogens with zero attached hydrogens (tertiary/aromatic N) is 1. The number of rotatable bonds is 4. The molecule has 0 N–H and O–H groups in total. The van der Waals surface area contributed by atoms with Crippen LogP contribution in [0.25, 0.3) is 0 Å². The second-order valence-electron chi connectivity index (χ2n) is 5.44. The average molecular weight is 374 g/mol. The van der Waals surface area contributed by atoms with Crippen molar-refractivity contribution in [1.82, 2.24) is 0 Å². The van der Waals surface area contributed by atoms with Crippen molar-refractivity contribution >= 4 is 29.2 Å². The van der Waals surface area contributed by atoms with Crippen LogP contribution in [-0.4, -0.2) is 26.2 Å². The van der Waals surface area contributed by atoms with Crippen LogP contribution in [0.2, 0.25) is 5.02 Å². The number of ether oxygens (including phenoxy) is 2. The fourth-order valence-corrected chi connectivity index (χ4v) is 2.95. The SMILES string of the molecule is COC(=O)C1=C(C(=O)OC)[C@H](c2cccc(Cl)c2)N(c2ccccc2)O1. The molecule has 0 spiro atoms. The van der Waals surface area contributed by atoms with Crippen LogP contribution in [-0.2, 0) is 23.9 Å². The number of anilines is 1. The highest BCUT2D eigenvalue weighted by molar-refractivity contribution is 6.30. The van der Waals surface area contributed by atoms with Gasteiger partial charge in [-0.2, -0.15) is 5.06 Å². The van der Waals surface area contributed by atoms with E-state index in [0.717, 1.165) is 0 Å². The largest absolute Gasteiger partial charge is 0.465 e. The zero-order valence-electron chi connectivity index (χ0n) is 14.1. The summed E-state index contributed by atoms with van der Waals surface area (Å²) in [6.07, 6.45) is 0. The molecule has 134 valence electrons. The van der Waals surface area contributed by atoms with Gasteiger partial charge in [0.25, 0.3) is 5.76 Å². The third-order valence-electron chi connectivity index (χ3n) is 3.89. The lowest BCUT2D eigenvalue weighted by molar-refractivity contribution is -0.141. The molecule has 0 amide bonds. The third-order valence-corrected chi connectivity index (χ3v) is 4.13. The summed E-state index contributed by atoms with van der Waals surface area (Å²) in [5.41, 5.74) is 1.36. The molecule has 0 unspecified atom stereocenters. The van der Waals surface area contributed by atoms with Crippen molar-refractivity contribution in [3.05, 3.63) is 76.5 Å². The second-order valence-corrected chi connectivity index (χ2v) is 5.87. The Morgan fingerprint density at radius 2 is 1.69 bits per heavy atom. The molecule has 0 bridgehead atoms. The zero-order valence-corrected chi connectivity index (χ0v) is 14.9. The summed E-state index contributed by atoms with van der Waals surface area (Å²) < 4.78 is 9.65. The van der Waals surface area contributed by atoms with Gasteiger partial charge in [-0.15, -0.1) is 0 Å². The number of hydrogen-bond acceptors (Lipinski definition) is 6. The molecular formula is C19H16ClNO5. The molecule has 1 aliphatic heterocycles. The summed E-state index contributed by atoms with van der Waals surface area (Å²) >= 11 is 6.12. The van der Waals surface area contributed by atoms with Gasteiger partial charge in [-0.05, 0) is 29.8 Å². The standard InChI is InChI=1S/C19H16ClNO5/c1-24-18(22)15-16(12-7-6-8-13(20)11-12)21(14-9-4-3-5-10-14)26-17(15)19(23)25-2/h3-11,16H,1-2H3/t16-/m0/s1. The van der Waals surface area contributed by atoms with Crippen molar-refractivity contribution in [2.75, 3.05) is 19.3 Å². The summed E-state index contributed by atoms with van der Waals surface area (Å²) in [6, 6.07) is 15.3. The zero-order chi connectivity index (χ0) is 18.7. The highest BCUT2D eigenvalue weighted by atomic mass is 35.5. The predicted molar refractivity (Wildman–Crippen MR) is 95.3 cm³/mol. The Balaban J connectivity index is 2.19. The van der Waals surface area contributed by atoms with Gasteiger partial charge in [0, 0.05) is 5.02 Å². The van der Waals surface area contributed by atoms with Gasteiger partial charge in [-0.1, -0.05) is 41.9 Å². The fourth-order valence-electron chi connectivity index (χ4n) is 2.75. The van der Waals surface area contributed by atoms with Crippen molar-refractivity contribution in [2.45, 2.75) is 6.04 Å². The average Bonchev–Trinajstić information content (AvgIpc) is 3.08. The first kappa shape index (κ1) is 17.8. The molecule has 3 rings (SSSR count). The molecule has 26 heavy (non-hydrogen) atoms. The minimum absolute atomic E-state index is 0.0467. The molecule has 2 aromatic rings. The smallest absolute Gasteiger partial charge is 0.377 e. The van der Waals surface area contributed by atoms with Crippen LogP contribution in [0.5, 0.6) is 0 Å². The van der Waals surface area contributed by atoms with Crippen LogP contribution in [0, 0.1) is 0 Å². The number of benzene rings is 2. The van der Waals surface area contributed by atoms with E-state index >= 15 is 0 Å². The van der Waals surface area contributed by atoms with E-state index in [1.54, 1.807) is 36.4 Å². The number of methoxy groups -OCH3 is 2. The van der Waals surface area contributed by atoms with Crippen LogP contribution in [0.4, 0.5) is 5.69 Å². The number of carbonyl (C=O) groups is 2. The summed E-state index contributed by atoms with van der Waals surface area (Å²) in [5, 5.41) is 1.95. The molecule has 0 fully saturated rings. The van der Waals surface area contributed by atoms with Gasteiger partial charge in [0.15, 0.2) is 0 Å². The number of hydroxylamine groups is 1. The van der Waals surface area contributed by atoms with Gasteiger partial charge < -0.3 is 14.3 Å². The molecule has 1 atom stereocenters. The van der Waals surface area contributed by atoms with Crippen molar-refractivity contribution in [2.24, 2.45) is 0 Å². The fraction of sp³-hybridized carbons (Fsp3) is 0.158. The Kier molecular flexibility index (Phi) is 5.14. The minimum Gasteiger partial charge on any atom is -0.465 e. The van der Waals surface area contributed by atoms with Gasteiger partial charge >= 0.3 is 11.9 Å². The molecule has 1 aliphatic rings. The van der Waals surface area contributed by atoms with Gasteiger partial charge in [-0.25, -0.2) is 9.59 Å². The Morgan fingerprint density at radius 3 is 2.31 bits per heavy atom. The van der Waals surface area contributed by atoms with Crippen LogP contribution >= 0.6 is 11.6 Å². The Bertz CT molecular complexity index is 865. The van der Waals surface area contributed by atoms with Crippen molar-refractivity contribution in [3.63, 3.8) is 0 Å². The lowest BCUT2D eigenvalue weighted by atomic mass is 9.97. The summed E-state index contributed by atoms with van der Waals surface area (Å²) in [4.78, 5) is 30.4. The van der Waals surface area contributed by atoms with Crippen LogP contribution in [0.15, 0.2) is 65.9 Å². The number of para-hydroxylation sites is 1.